The number of nitrogens with zero attached hydrogens (tertiary/aromatic N) is 1. The Hall–Kier alpha value is -3.79. The third-order valence-electron chi connectivity index (χ3n) is 3.81. The van der Waals surface area contributed by atoms with E-state index in [0.717, 1.165) is 16.8 Å². The molecule has 3 aromatic rings. The first-order valence-corrected chi connectivity index (χ1v) is 8.72. The number of hydrogen-bond donors (Lipinski definition) is 3. The summed E-state index contributed by atoms with van der Waals surface area (Å²) in [5.41, 5.74) is 8.98. The molecule has 0 aliphatic heterocycles. The number of pyridine rings is 1. The molecule has 2 aromatic carbocycles. The molecule has 1 aromatic heterocycles. The van der Waals surface area contributed by atoms with E-state index in [1.54, 1.807) is 36.5 Å². The van der Waals surface area contributed by atoms with Crippen molar-refractivity contribution < 1.29 is 32.3 Å². The molecule has 4 N–H and O–H groups in total. The summed E-state index contributed by atoms with van der Waals surface area (Å²) in [4.78, 5) is 25.6. The van der Waals surface area contributed by atoms with Crippen LogP contribution in [0.4, 0.5) is 23.2 Å². The van der Waals surface area contributed by atoms with Gasteiger partial charge in [0, 0.05) is 29.6 Å². The van der Waals surface area contributed by atoms with E-state index in [1.165, 1.54) is 12.1 Å². The van der Waals surface area contributed by atoms with Crippen molar-refractivity contribution in [2.24, 2.45) is 5.73 Å². The Morgan fingerprint density at radius 3 is 2.26 bits per heavy atom. The fraction of sp³-hybridized carbons (Fsp3) is 0.0952. The van der Waals surface area contributed by atoms with Gasteiger partial charge in [-0.3, -0.25) is 9.78 Å². The van der Waals surface area contributed by atoms with Crippen LogP contribution in [0.1, 0.15) is 15.9 Å². The Bertz CT molecular complexity index is 1050. The summed E-state index contributed by atoms with van der Waals surface area (Å²) >= 11 is 0. The van der Waals surface area contributed by atoms with E-state index in [-0.39, 0.29) is 5.91 Å². The van der Waals surface area contributed by atoms with Crippen LogP contribution in [-0.4, -0.2) is 28.1 Å². The Balaban J connectivity index is 0.000000423. The maximum Gasteiger partial charge on any atom is 0.490 e. The monoisotopic (exact) mass is 435 g/mol. The van der Waals surface area contributed by atoms with E-state index in [1.807, 2.05) is 18.2 Å². The molecule has 0 fully saturated rings. The molecule has 0 aliphatic carbocycles. The predicted molar refractivity (Wildman–Crippen MR) is 106 cm³/mol. The van der Waals surface area contributed by atoms with Gasteiger partial charge in [-0.2, -0.15) is 13.2 Å². The summed E-state index contributed by atoms with van der Waals surface area (Å²) in [5.74, 6) is -3.46. The minimum absolute atomic E-state index is 0.305. The second-order valence-corrected chi connectivity index (χ2v) is 6.10. The summed E-state index contributed by atoms with van der Waals surface area (Å²) in [6, 6.07) is 16.7. The van der Waals surface area contributed by atoms with E-state index in [4.69, 9.17) is 15.6 Å². The molecule has 0 saturated heterocycles. The van der Waals surface area contributed by atoms with Crippen molar-refractivity contribution in [2.75, 3.05) is 5.32 Å². The highest BCUT2D eigenvalue weighted by Gasteiger charge is 2.38. The maximum absolute atomic E-state index is 13.2. The van der Waals surface area contributed by atoms with Gasteiger partial charge in [-0.1, -0.05) is 24.3 Å². The van der Waals surface area contributed by atoms with Gasteiger partial charge < -0.3 is 16.2 Å². The number of rotatable bonds is 4. The van der Waals surface area contributed by atoms with Gasteiger partial charge >= 0.3 is 12.1 Å². The Kier molecular flexibility index (Phi) is 7.81. The zero-order valence-corrected chi connectivity index (χ0v) is 15.9. The largest absolute Gasteiger partial charge is 0.490 e. The number of carboxylic acid groups (broad SMARTS) is 1. The Morgan fingerprint density at radius 2 is 1.71 bits per heavy atom. The normalized spacial score (nSPS) is 10.6. The molecule has 3 rings (SSSR count). The number of nitrogens with one attached hydrogen (secondary N) is 1. The molecule has 1 amide bonds. The molecule has 1 heterocycles. The van der Waals surface area contributed by atoms with Crippen LogP contribution in [0.2, 0.25) is 0 Å². The van der Waals surface area contributed by atoms with Gasteiger partial charge in [0.1, 0.15) is 5.82 Å². The molecule has 162 valence electrons. The third kappa shape index (κ3) is 7.19. The van der Waals surface area contributed by atoms with Gasteiger partial charge in [-0.15, -0.1) is 0 Å². The minimum Gasteiger partial charge on any atom is -0.475 e. The first-order valence-electron chi connectivity index (χ1n) is 8.72. The molecule has 0 spiro atoms. The van der Waals surface area contributed by atoms with E-state index >= 15 is 0 Å². The van der Waals surface area contributed by atoms with Crippen molar-refractivity contribution in [3.05, 3.63) is 83.8 Å². The van der Waals surface area contributed by atoms with Crippen molar-refractivity contribution >= 4 is 17.6 Å². The quantitative estimate of drug-likeness (QED) is 0.532. The fourth-order valence-corrected chi connectivity index (χ4v) is 2.31. The number of aromatic nitrogens is 1. The zero-order valence-electron chi connectivity index (χ0n) is 15.9. The highest BCUT2D eigenvalue weighted by molar-refractivity contribution is 6.04. The summed E-state index contributed by atoms with van der Waals surface area (Å²) in [6.07, 6.45) is -3.37. The van der Waals surface area contributed by atoms with Crippen LogP contribution < -0.4 is 11.1 Å². The highest BCUT2D eigenvalue weighted by Crippen LogP contribution is 2.20. The summed E-state index contributed by atoms with van der Waals surface area (Å²) < 4.78 is 44.9. The molecule has 10 heteroatoms. The van der Waals surface area contributed by atoms with E-state index in [9.17, 15) is 22.4 Å². The zero-order chi connectivity index (χ0) is 23.0. The Labute approximate surface area is 174 Å². The topological polar surface area (TPSA) is 105 Å². The van der Waals surface area contributed by atoms with Crippen LogP contribution in [-0.2, 0) is 11.3 Å². The number of alkyl halides is 3. The number of halogens is 4. The fourth-order valence-electron chi connectivity index (χ4n) is 2.31. The highest BCUT2D eigenvalue weighted by atomic mass is 19.4. The first-order chi connectivity index (χ1) is 14.6. The third-order valence-corrected chi connectivity index (χ3v) is 3.81. The molecule has 6 nitrogen and oxygen atoms in total. The van der Waals surface area contributed by atoms with Gasteiger partial charge in [-0.05, 0) is 42.0 Å². The molecular formula is C21H17F4N3O3. The van der Waals surface area contributed by atoms with Gasteiger partial charge in [-0.25, -0.2) is 9.18 Å². The molecular weight excluding hydrogens is 418 g/mol. The lowest BCUT2D eigenvalue weighted by molar-refractivity contribution is -0.192. The van der Waals surface area contributed by atoms with E-state index in [0.29, 0.717) is 17.8 Å². The smallest absolute Gasteiger partial charge is 0.475 e. The minimum atomic E-state index is -5.08. The number of aliphatic carboxylic acids is 1. The molecule has 0 radical (unpaired) electrons. The number of carboxylic acids is 1. The van der Waals surface area contributed by atoms with Crippen LogP contribution >= 0.6 is 0 Å². The predicted octanol–water partition coefficient (Wildman–Crippen LogP) is 4.23. The molecule has 0 bridgehead atoms. The van der Waals surface area contributed by atoms with Crippen molar-refractivity contribution in [1.82, 2.24) is 4.98 Å². The number of benzene rings is 2. The average Bonchev–Trinajstić information content (AvgIpc) is 2.73. The van der Waals surface area contributed by atoms with Gasteiger partial charge in [0.05, 0.1) is 5.69 Å². The maximum atomic E-state index is 13.2. The molecule has 31 heavy (non-hydrogen) atoms. The number of carbonyl (C=O) groups is 2. The molecule has 0 atom stereocenters. The number of anilines is 1. The standard InChI is InChI=1S/C19H16FN3O.C2HF3O2/c20-16-5-2-6-17(10-16)23-19(24)15-4-1-3-14(9-15)18-8-7-13(11-21)12-22-18;3-2(4,5)1(6)7/h1-10,12H,11,21H2,(H,23,24);(H,6,7). The lowest BCUT2D eigenvalue weighted by atomic mass is 10.1. The molecule has 0 unspecified atom stereocenters. The van der Waals surface area contributed by atoms with Crippen molar-refractivity contribution in [2.45, 2.75) is 12.7 Å². The van der Waals surface area contributed by atoms with Crippen LogP contribution in [0.3, 0.4) is 0 Å². The summed E-state index contributed by atoms with van der Waals surface area (Å²) in [5, 5.41) is 9.81. The SMILES string of the molecule is NCc1ccc(-c2cccc(C(=O)Nc3cccc(F)c3)c2)nc1.O=C(O)C(F)(F)F. The lowest BCUT2D eigenvalue weighted by Crippen LogP contribution is -2.21. The van der Waals surface area contributed by atoms with E-state index < -0.39 is 18.0 Å². The van der Waals surface area contributed by atoms with Gasteiger partial charge in [0.2, 0.25) is 0 Å². The van der Waals surface area contributed by atoms with Crippen molar-refractivity contribution in [3.8, 4) is 11.3 Å². The number of amides is 1. The average molecular weight is 435 g/mol. The van der Waals surface area contributed by atoms with Crippen LogP contribution in [0.5, 0.6) is 0 Å². The van der Waals surface area contributed by atoms with Crippen LogP contribution in [0, 0.1) is 5.82 Å². The number of hydrogen-bond acceptors (Lipinski definition) is 4. The summed E-state index contributed by atoms with van der Waals surface area (Å²) in [7, 11) is 0. The van der Waals surface area contributed by atoms with Crippen LogP contribution in [0.25, 0.3) is 11.3 Å². The number of carbonyl (C=O) groups excluding carboxylic acids is 1. The second kappa shape index (κ2) is 10.3. The van der Waals surface area contributed by atoms with Gasteiger partial charge in [0.25, 0.3) is 5.91 Å². The van der Waals surface area contributed by atoms with E-state index in [2.05, 4.69) is 10.3 Å². The first kappa shape index (κ1) is 23.5. The van der Waals surface area contributed by atoms with Crippen molar-refractivity contribution in [3.63, 3.8) is 0 Å². The van der Waals surface area contributed by atoms with Crippen LogP contribution in [0.15, 0.2) is 66.9 Å². The molecule has 0 saturated carbocycles. The van der Waals surface area contributed by atoms with Gasteiger partial charge in [0.15, 0.2) is 0 Å². The van der Waals surface area contributed by atoms with Crippen molar-refractivity contribution in [1.29, 1.82) is 0 Å². The lowest BCUT2D eigenvalue weighted by Gasteiger charge is -2.07. The summed E-state index contributed by atoms with van der Waals surface area (Å²) in [6.45, 7) is 0.434. The Morgan fingerprint density at radius 1 is 1.03 bits per heavy atom. The number of nitrogens with two attached hydrogens (primary N) is 1. The molecule has 0 aliphatic rings. The second-order valence-electron chi connectivity index (χ2n) is 6.10.